The molecular weight excluding hydrogens is 326 g/mol. The van der Waals surface area contributed by atoms with Crippen LogP contribution in [0.4, 0.5) is 5.69 Å². The highest BCUT2D eigenvalue weighted by Crippen LogP contribution is 2.19. The van der Waals surface area contributed by atoms with E-state index in [9.17, 15) is 13.2 Å². The van der Waals surface area contributed by atoms with Crippen LogP contribution in [0.25, 0.3) is 0 Å². The molecule has 2 rings (SSSR count). The number of aryl methyl sites for hydroxylation is 1. The molecule has 6 heteroatoms. The van der Waals surface area contributed by atoms with E-state index in [1.54, 1.807) is 55.5 Å². The summed E-state index contributed by atoms with van der Waals surface area (Å²) in [6.45, 7) is 3.75. The number of hydrogen-bond donors (Lipinski definition) is 0. The Labute approximate surface area is 142 Å². The highest BCUT2D eigenvalue weighted by atomic mass is 32.2. The lowest BCUT2D eigenvalue weighted by atomic mass is 10.2. The summed E-state index contributed by atoms with van der Waals surface area (Å²) < 4.78 is 30.3. The van der Waals surface area contributed by atoms with E-state index in [-0.39, 0.29) is 23.9 Å². The van der Waals surface area contributed by atoms with Crippen LogP contribution in [-0.2, 0) is 19.4 Å². The predicted octanol–water partition coefficient (Wildman–Crippen LogP) is 2.80. The SMILES string of the molecule is CCOC(=O)CN(CS(=O)(=O)c1ccc(C)cc1)c1ccccc1. The van der Waals surface area contributed by atoms with Gasteiger partial charge >= 0.3 is 5.97 Å². The first-order chi connectivity index (χ1) is 11.4. The Morgan fingerprint density at radius 2 is 1.67 bits per heavy atom. The van der Waals surface area contributed by atoms with Crippen LogP contribution in [0.2, 0.25) is 0 Å². The summed E-state index contributed by atoms with van der Waals surface area (Å²) >= 11 is 0. The van der Waals surface area contributed by atoms with Crippen LogP contribution in [0.3, 0.4) is 0 Å². The molecule has 0 bridgehead atoms. The molecule has 0 aliphatic carbocycles. The number of carbonyl (C=O) groups is 1. The van der Waals surface area contributed by atoms with E-state index < -0.39 is 15.8 Å². The first kappa shape index (κ1) is 18.0. The van der Waals surface area contributed by atoms with Gasteiger partial charge in [0.25, 0.3) is 0 Å². The Hall–Kier alpha value is -2.34. The van der Waals surface area contributed by atoms with Crippen LogP contribution >= 0.6 is 0 Å². The molecule has 0 saturated heterocycles. The zero-order chi connectivity index (χ0) is 17.6. The second-order valence-electron chi connectivity index (χ2n) is 5.40. The van der Waals surface area contributed by atoms with E-state index in [2.05, 4.69) is 0 Å². The highest BCUT2D eigenvalue weighted by Gasteiger charge is 2.22. The zero-order valence-corrected chi connectivity index (χ0v) is 14.6. The first-order valence-electron chi connectivity index (χ1n) is 7.67. The van der Waals surface area contributed by atoms with Crippen molar-refractivity contribution in [1.82, 2.24) is 0 Å². The molecule has 0 N–H and O–H groups in total. The smallest absolute Gasteiger partial charge is 0.325 e. The molecule has 0 fully saturated rings. The number of nitrogens with zero attached hydrogens (tertiary/aromatic N) is 1. The second kappa shape index (κ2) is 7.97. The average molecular weight is 347 g/mol. The zero-order valence-electron chi connectivity index (χ0n) is 13.8. The van der Waals surface area contributed by atoms with Crippen molar-refractivity contribution in [2.24, 2.45) is 0 Å². The maximum atomic E-state index is 12.7. The van der Waals surface area contributed by atoms with Crippen molar-refractivity contribution in [2.75, 3.05) is 23.9 Å². The Morgan fingerprint density at radius 3 is 2.25 bits per heavy atom. The molecule has 0 radical (unpaired) electrons. The van der Waals surface area contributed by atoms with Crippen molar-refractivity contribution in [3.63, 3.8) is 0 Å². The molecule has 5 nitrogen and oxygen atoms in total. The van der Waals surface area contributed by atoms with Gasteiger partial charge in [0.05, 0.1) is 11.5 Å². The molecule has 0 heterocycles. The lowest BCUT2D eigenvalue weighted by Crippen LogP contribution is -2.35. The number of anilines is 1. The third kappa shape index (κ3) is 4.83. The van der Waals surface area contributed by atoms with Crippen molar-refractivity contribution in [1.29, 1.82) is 0 Å². The maximum absolute atomic E-state index is 12.7. The van der Waals surface area contributed by atoms with Crippen LogP contribution in [-0.4, -0.2) is 33.4 Å². The van der Waals surface area contributed by atoms with Gasteiger partial charge in [-0.1, -0.05) is 35.9 Å². The van der Waals surface area contributed by atoms with Gasteiger partial charge in [0.15, 0.2) is 9.84 Å². The minimum absolute atomic E-state index is 0.122. The van der Waals surface area contributed by atoms with Crippen molar-refractivity contribution >= 4 is 21.5 Å². The molecule has 0 aromatic heterocycles. The number of hydrogen-bond acceptors (Lipinski definition) is 5. The fourth-order valence-corrected chi connectivity index (χ4v) is 3.59. The molecular formula is C18H21NO4S. The van der Waals surface area contributed by atoms with Crippen LogP contribution in [0.1, 0.15) is 12.5 Å². The lowest BCUT2D eigenvalue weighted by molar-refractivity contribution is -0.141. The van der Waals surface area contributed by atoms with Crippen molar-refractivity contribution in [3.8, 4) is 0 Å². The van der Waals surface area contributed by atoms with Crippen LogP contribution < -0.4 is 4.90 Å². The molecule has 24 heavy (non-hydrogen) atoms. The first-order valence-corrected chi connectivity index (χ1v) is 9.32. The summed E-state index contributed by atoms with van der Waals surface area (Å²) in [5, 5.41) is 0. The molecule has 0 saturated carbocycles. The minimum atomic E-state index is -3.57. The highest BCUT2D eigenvalue weighted by molar-refractivity contribution is 7.91. The van der Waals surface area contributed by atoms with Crippen LogP contribution in [0.15, 0.2) is 59.5 Å². The fourth-order valence-electron chi connectivity index (χ4n) is 2.24. The van der Waals surface area contributed by atoms with Gasteiger partial charge in [-0.25, -0.2) is 8.42 Å². The van der Waals surface area contributed by atoms with Crippen molar-refractivity contribution < 1.29 is 17.9 Å². The van der Waals surface area contributed by atoms with Crippen molar-refractivity contribution in [2.45, 2.75) is 18.7 Å². The van der Waals surface area contributed by atoms with Crippen LogP contribution in [0.5, 0.6) is 0 Å². The number of rotatable bonds is 7. The molecule has 2 aromatic carbocycles. The molecule has 0 unspecified atom stereocenters. The molecule has 0 spiro atoms. The molecule has 0 atom stereocenters. The van der Waals surface area contributed by atoms with Gasteiger partial charge in [-0.2, -0.15) is 0 Å². The van der Waals surface area contributed by atoms with E-state index in [0.29, 0.717) is 5.69 Å². The van der Waals surface area contributed by atoms with Gasteiger partial charge < -0.3 is 9.64 Å². The van der Waals surface area contributed by atoms with Gasteiger partial charge in [0.2, 0.25) is 0 Å². The number of esters is 1. The molecule has 0 amide bonds. The minimum Gasteiger partial charge on any atom is -0.465 e. The molecule has 0 aliphatic rings. The van der Waals surface area contributed by atoms with E-state index in [4.69, 9.17) is 4.74 Å². The standard InChI is InChI=1S/C18H21NO4S/c1-3-23-18(20)13-19(16-7-5-4-6-8-16)14-24(21,22)17-11-9-15(2)10-12-17/h4-12H,3,13-14H2,1-2H3. The topological polar surface area (TPSA) is 63.7 Å². The summed E-state index contributed by atoms with van der Waals surface area (Å²) in [5.41, 5.74) is 1.64. The summed E-state index contributed by atoms with van der Waals surface area (Å²) in [6.07, 6.45) is 0. The number of sulfone groups is 1. The van der Waals surface area contributed by atoms with E-state index >= 15 is 0 Å². The van der Waals surface area contributed by atoms with Gasteiger partial charge in [-0.15, -0.1) is 0 Å². The van der Waals surface area contributed by atoms with Crippen LogP contribution in [0, 0.1) is 6.92 Å². The summed E-state index contributed by atoms with van der Waals surface area (Å²) in [4.78, 5) is 13.6. The number of para-hydroxylation sites is 1. The Morgan fingerprint density at radius 1 is 1.04 bits per heavy atom. The third-order valence-corrected chi connectivity index (χ3v) is 5.09. The number of carbonyl (C=O) groups excluding carboxylic acids is 1. The van der Waals surface area contributed by atoms with E-state index in [0.717, 1.165) is 5.56 Å². The summed E-state index contributed by atoms with van der Waals surface area (Å²) in [5.74, 6) is -0.751. The Balaban J connectivity index is 2.27. The van der Waals surface area contributed by atoms with E-state index in [1.165, 1.54) is 4.90 Å². The number of ether oxygens (including phenoxy) is 1. The molecule has 2 aromatic rings. The van der Waals surface area contributed by atoms with E-state index in [1.807, 2.05) is 13.0 Å². The molecule has 128 valence electrons. The van der Waals surface area contributed by atoms with Gasteiger partial charge in [-0.3, -0.25) is 4.79 Å². The fraction of sp³-hybridized carbons (Fsp3) is 0.278. The Kier molecular flexibility index (Phi) is 5.98. The lowest BCUT2D eigenvalue weighted by Gasteiger charge is -2.23. The average Bonchev–Trinajstić information content (AvgIpc) is 2.55. The monoisotopic (exact) mass is 347 g/mol. The van der Waals surface area contributed by atoms with Gasteiger partial charge in [0, 0.05) is 5.69 Å². The summed E-state index contributed by atoms with van der Waals surface area (Å²) in [6, 6.07) is 15.6. The maximum Gasteiger partial charge on any atom is 0.325 e. The largest absolute Gasteiger partial charge is 0.465 e. The van der Waals surface area contributed by atoms with Crippen molar-refractivity contribution in [3.05, 3.63) is 60.2 Å². The Bertz CT molecular complexity index is 770. The molecule has 0 aliphatic heterocycles. The van der Waals surface area contributed by atoms with Gasteiger partial charge in [0.1, 0.15) is 12.4 Å². The normalized spacial score (nSPS) is 11.1. The van der Waals surface area contributed by atoms with Gasteiger partial charge in [-0.05, 0) is 38.1 Å². The quantitative estimate of drug-likeness (QED) is 0.721. The predicted molar refractivity (Wildman–Crippen MR) is 93.7 cm³/mol. The number of benzene rings is 2. The third-order valence-electron chi connectivity index (χ3n) is 3.45. The summed E-state index contributed by atoms with van der Waals surface area (Å²) in [7, 11) is -3.57. The second-order valence-corrected chi connectivity index (χ2v) is 7.35.